The lowest BCUT2D eigenvalue weighted by Gasteiger charge is -2.38. The summed E-state index contributed by atoms with van der Waals surface area (Å²) in [5.41, 5.74) is 2.18. The molecule has 0 saturated carbocycles. The first-order valence-electron chi connectivity index (χ1n) is 15.7. The van der Waals surface area contributed by atoms with Crippen LogP contribution in [0, 0.1) is 5.92 Å². The van der Waals surface area contributed by atoms with Crippen molar-refractivity contribution in [1.82, 2.24) is 35.5 Å². The van der Waals surface area contributed by atoms with Gasteiger partial charge in [0.2, 0.25) is 17.7 Å². The van der Waals surface area contributed by atoms with Crippen LogP contribution in [0.5, 0.6) is 0 Å². The van der Waals surface area contributed by atoms with E-state index in [-0.39, 0.29) is 44.4 Å². The van der Waals surface area contributed by atoms with Gasteiger partial charge in [-0.25, -0.2) is 0 Å². The van der Waals surface area contributed by atoms with Gasteiger partial charge in [0.15, 0.2) is 6.10 Å². The van der Waals surface area contributed by atoms with Gasteiger partial charge in [-0.15, -0.1) is 0 Å². The Balaban J connectivity index is 1.41. The molecular formula is C34H41N7O6. The molecule has 5 amide bonds. The zero-order chi connectivity index (χ0) is 33.5. The van der Waals surface area contributed by atoms with Crippen LogP contribution >= 0.6 is 0 Å². The molecule has 0 radical (unpaired) electrons. The second kappa shape index (κ2) is 15.0. The number of aromatic nitrogens is 2. The van der Waals surface area contributed by atoms with Crippen LogP contribution in [0.1, 0.15) is 35.3 Å². The molecule has 13 nitrogen and oxygen atoms in total. The third-order valence-electron chi connectivity index (χ3n) is 8.24. The van der Waals surface area contributed by atoms with Crippen molar-refractivity contribution < 1.29 is 28.7 Å². The number of rotatable bonds is 6. The summed E-state index contributed by atoms with van der Waals surface area (Å²) in [6.07, 6.45) is 1.45. The zero-order valence-corrected chi connectivity index (χ0v) is 26.8. The first-order chi connectivity index (χ1) is 22.6. The monoisotopic (exact) mass is 643 g/mol. The van der Waals surface area contributed by atoms with Gasteiger partial charge in [0.05, 0.1) is 37.5 Å². The molecule has 13 heteroatoms. The first kappa shape index (κ1) is 33.3. The Morgan fingerprint density at radius 2 is 1.62 bits per heavy atom. The summed E-state index contributed by atoms with van der Waals surface area (Å²) in [5, 5.41) is 12.7. The van der Waals surface area contributed by atoms with E-state index < -0.39 is 47.9 Å². The normalized spacial score (nSPS) is 23.0. The van der Waals surface area contributed by atoms with Crippen molar-refractivity contribution in [2.24, 2.45) is 5.92 Å². The summed E-state index contributed by atoms with van der Waals surface area (Å²) in [4.78, 5) is 70.1. The Morgan fingerprint density at radius 1 is 0.936 bits per heavy atom. The standard InChI is InChI=1S/C34H41N7O6/c1-22(2)30-32(44)35-16-26-19-40(33(45)25-15-36-41(18-25)17-24-12-8-5-9-13-24)20-28(47-26)31(43)37-27(14-23-10-6-4-7-11-23)34(46)39(3)21-29(42)38-30/h4-13,15,18,22,26-28,30H,14,16-17,19-21H2,1-3H3,(H,35,44)(H,37,43)(H,38,42)/t26-,27+,28+,30-/m0/s1. The summed E-state index contributed by atoms with van der Waals surface area (Å²) in [6.45, 7) is 3.80. The number of ether oxygens (including phenoxy) is 1. The topological polar surface area (TPSA) is 155 Å². The van der Waals surface area contributed by atoms with Gasteiger partial charge in [-0.1, -0.05) is 74.5 Å². The Kier molecular flexibility index (Phi) is 10.7. The molecule has 4 atom stereocenters. The molecule has 0 spiro atoms. The number of amides is 5. The predicted octanol–water partition coefficient (Wildman–Crippen LogP) is 0.598. The maximum Gasteiger partial charge on any atom is 0.257 e. The minimum atomic E-state index is -1.13. The van der Waals surface area contributed by atoms with E-state index in [0.29, 0.717) is 12.1 Å². The van der Waals surface area contributed by atoms with E-state index in [1.54, 1.807) is 24.7 Å². The van der Waals surface area contributed by atoms with Gasteiger partial charge in [-0.3, -0.25) is 28.7 Å². The highest BCUT2D eigenvalue weighted by Crippen LogP contribution is 2.17. The van der Waals surface area contributed by atoms with Gasteiger partial charge >= 0.3 is 0 Å². The molecule has 0 aliphatic carbocycles. The molecule has 2 aliphatic rings. The molecule has 2 aliphatic heterocycles. The summed E-state index contributed by atoms with van der Waals surface area (Å²) in [7, 11) is 1.47. The van der Waals surface area contributed by atoms with Crippen molar-refractivity contribution in [2.45, 2.75) is 51.1 Å². The van der Waals surface area contributed by atoms with Crippen LogP contribution in [0.25, 0.3) is 0 Å². The van der Waals surface area contributed by atoms with Crippen LogP contribution in [0.2, 0.25) is 0 Å². The number of benzene rings is 2. The second-order valence-corrected chi connectivity index (χ2v) is 12.3. The lowest BCUT2D eigenvalue weighted by Crippen LogP contribution is -2.59. The average Bonchev–Trinajstić information content (AvgIpc) is 3.53. The Bertz CT molecular complexity index is 1580. The van der Waals surface area contributed by atoms with E-state index in [9.17, 15) is 24.0 Å². The number of morpholine rings is 1. The molecule has 5 rings (SSSR count). The SMILES string of the molecule is CC(C)[C@@H]1NC(=O)CN(C)C(=O)[C@@H](Cc2ccccc2)NC(=O)[C@H]2CN(C(=O)c3cnn(Cc4ccccc4)c3)C[C@H](CNC1=O)O2. The van der Waals surface area contributed by atoms with Crippen molar-refractivity contribution in [3.8, 4) is 0 Å². The van der Waals surface area contributed by atoms with E-state index in [1.807, 2.05) is 60.7 Å². The molecule has 47 heavy (non-hydrogen) atoms. The van der Waals surface area contributed by atoms with Crippen molar-refractivity contribution in [2.75, 3.05) is 33.2 Å². The predicted molar refractivity (Wildman–Crippen MR) is 172 cm³/mol. The Hall–Kier alpha value is -5.04. The number of fused-ring (bicyclic) bond motifs is 2. The van der Waals surface area contributed by atoms with Crippen LogP contribution in [-0.2, 0) is 36.9 Å². The lowest BCUT2D eigenvalue weighted by molar-refractivity contribution is -0.148. The molecule has 2 aromatic carbocycles. The van der Waals surface area contributed by atoms with Gasteiger partial charge < -0.3 is 30.5 Å². The first-order valence-corrected chi connectivity index (χ1v) is 15.7. The van der Waals surface area contributed by atoms with Crippen LogP contribution in [0.15, 0.2) is 73.1 Å². The minimum absolute atomic E-state index is 0.00890. The van der Waals surface area contributed by atoms with E-state index >= 15 is 0 Å². The van der Waals surface area contributed by atoms with Crippen molar-refractivity contribution in [1.29, 1.82) is 0 Å². The minimum Gasteiger partial charge on any atom is -0.360 e. The number of carbonyl (C=O) groups excluding carboxylic acids is 5. The fraction of sp³-hybridized carbons (Fsp3) is 0.412. The number of hydrogen-bond acceptors (Lipinski definition) is 7. The Labute approximate surface area is 273 Å². The van der Waals surface area contributed by atoms with E-state index in [0.717, 1.165) is 11.1 Å². The highest BCUT2D eigenvalue weighted by molar-refractivity contribution is 5.96. The molecule has 2 fully saturated rings. The molecule has 3 aromatic rings. The van der Waals surface area contributed by atoms with E-state index in [4.69, 9.17) is 4.74 Å². The largest absolute Gasteiger partial charge is 0.360 e. The number of hydrogen-bond donors (Lipinski definition) is 3. The summed E-state index contributed by atoms with van der Waals surface area (Å²) in [5.74, 6) is -2.60. The molecular weight excluding hydrogens is 602 g/mol. The number of nitrogens with one attached hydrogen (secondary N) is 3. The molecule has 2 saturated heterocycles. The maximum atomic E-state index is 13.8. The molecule has 3 heterocycles. The van der Waals surface area contributed by atoms with Gasteiger partial charge in [0.25, 0.3) is 11.8 Å². The Morgan fingerprint density at radius 3 is 2.30 bits per heavy atom. The fourth-order valence-corrected chi connectivity index (χ4v) is 5.73. The smallest absolute Gasteiger partial charge is 0.257 e. The quantitative estimate of drug-likeness (QED) is 0.355. The third-order valence-corrected chi connectivity index (χ3v) is 8.24. The average molecular weight is 644 g/mol. The van der Waals surface area contributed by atoms with E-state index in [2.05, 4.69) is 21.0 Å². The van der Waals surface area contributed by atoms with Gasteiger partial charge in [0, 0.05) is 32.8 Å². The summed E-state index contributed by atoms with van der Waals surface area (Å²) >= 11 is 0. The van der Waals surface area contributed by atoms with Crippen LogP contribution in [0.4, 0.5) is 0 Å². The zero-order valence-electron chi connectivity index (χ0n) is 26.8. The van der Waals surface area contributed by atoms with Crippen molar-refractivity contribution >= 4 is 29.5 Å². The second-order valence-electron chi connectivity index (χ2n) is 12.3. The number of nitrogens with zero attached hydrogens (tertiary/aromatic N) is 4. The van der Waals surface area contributed by atoms with E-state index in [1.165, 1.54) is 23.0 Å². The van der Waals surface area contributed by atoms with Crippen molar-refractivity contribution in [3.63, 3.8) is 0 Å². The summed E-state index contributed by atoms with van der Waals surface area (Å²) < 4.78 is 7.82. The summed E-state index contributed by atoms with van der Waals surface area (Å²) in [6, 6.07) is 17.1. The highest BCUT2D eigenvalue weighted by atomic mass is 16.5. The number of likely N-dealkylation sites (N-methyl/N-ethyl adjacent to an activating group) is 1. The van der Waals surface area contributed by atoms with Gasteiger partial charge in [-0.05, 0) is 17.0 Å². The lowest BCUT2D eigenvalue weighted by atomic mass is 10.0. The van der Waals surface area contributed by atoms with Crippen LogP contribution in [0.3, 0.4) is 0 Å². The molecule has 248 valence electrons. The van der Waals surface area contributed by atoms with Crippen LogP contribution in [-0.4, -0.2) is 107 Å². The molecule has 3 N–H and O–H groups in total. The fourth-order valence-electron chi connectivity index (χ4n) is 5.73. The van der Waals surface area contributed by atoms with Gasteiger partial charge in [0.1, 0.15) is 12.1 Å². The van der Waals surface area contributed by atoms with Crippen LogP contribution < -0.4 is 16.0 Å². The molecule has 1 aromatic heterocycles. The molecule has 0 unspecified atom stereocenters. The maximum absolute atomic E-state index is 13.8. The molecule has 2 bridgehead atoms. The highest BCUT2D eigenvalue weighted by Gasteiger charge is 2.38. The third kappa shape index (κ3) is 8.61. The van der Waals surface area contributed by atoms with Gasteiger partial charge in [-0.2, -0.15) is 5.10 Å². The number of carbonyl (C=O) groups is 5. The van der Waals surface area contributed by atoms with Crippen molar-refractivity contribution in [3.05, 3.63) is 89.7 Å².